The van der Waals surface area contributed by atoms with E-state index in [4.69, 9.17) is 10.5 Å². The fourth-order valence-electron chi connectivity index (χ4n) is 2.26. The predicted molar refractivity (Wildman–Crippen MR) is 78.9 cm³/mol. The number of nitrogen functional groups attached to an aromatic ring is 1. The molecule has 102 valence electrons. The predicted octanol–water partition coefficient (Wildman–Crippen LogP) is 2.96. The van der Waals surface area contributed by atoms with Gasteiger partial charge in [-0.3, -0.25) is 9.67 Å². The lowest BCUT2D eigenvalue weighted by molar-refractivity contribution is 0.477. The van der Waals surface area contributed by atoms with E-state index in [1.165, 1.54) is 0 Å². The molecular formula is C15H16N4O. The van der Waals surface area contributed by atoms with E-state index >= 15 is 0 Å². The summed E-state index contributed by atoms with van der Waals surface area (Å²) in [6.45, 7) is 3.88. The molecule has 1 aromatic carbocycles. The van der Waals surface area contributed by atoms with Crippen LogP contribution in [0.25, 0.3) is 10.9 Å². The van der Waals surface area contributed by atoms with Crippen LogP contribution in [-0.4, -0.2) is 14.8 Å². The number of aromatic nitrogens is 3. The molecule has 0 spiro atoms. The van der Waals surface area contributed by atoms with Crippen molar-refractivity contribution in [2.24, 2.45) is 7.05 Å². The Labute approximate surface area is 117 Å². The van der Waals surface area contributed by atoms with E-state index in [0.29, 0.717) is 11.4 Å². The normalized spacial score (nSPS) is 10.9. The molecule has 0 aliphatic heterocycles. The van der Waals surface area contributed by atoms with Crippen molar-refractivity contribution in [1.82, 2.24) is 14.8 Å². The number of fused-ring (bicyclic) bond motifs is 1. The summed E-state index contributed by atoms with van der Waals surface area (Å²) >= 11 is 0. The summed E-state index contributed by atoms with van der Waals surface area (Å²) in [5.74, 6) is 1.38. The van der Waals surface area contributed by atoms with Gasteiger partial charge in [-0.25, -0.2) is 0 Å². The molecular weight excluding hydrogens is 252 g/mol. The maximum absolute atomic E-state index is 6.18. The summed E-state index contributed by atoms with van der Waals surface area (Å²) in [7, 11) is 1.89. The average Bonchev–Trinajstić information content (AvgIpc) is 2.68. The zero-order valence-corrected chi connectivity index (χ0v) is 11.7. The number of benzene rings is 1. The van der Waals surface area contributed by atoms with Gasteiger partial charge in [-0.05, 0) is 38.1 Å². The Morgan fingerprint density at radius 2 is 2.00 bits per heavy atom. The summed E-state index contributed by atoms with van der Waals surface area (Å²) in [6.07, 6.45) is 1.75. The third kappa shape index (κ3) is 1.87. The second kappa shape index (κ2) is 4.52. The molecule has 0 amide bonds. The van der Waals surface area contributed by atoms with Gasteiger partial charge in [-0.1, -0.05) is 0 Å². The lowest BCUT2D eigenvalue weighted by Gasteiger charge is -2.10. The number of anilines is 1. The van der Waals surface area contributed by atoms with Gasteiger partial charge in [0.05, 0.1) is 16.9 Å². The van der Waals surface area contributed by atoms with Crippen LogP contribution in [0.4, 0.5) is 5.69 Å². The van der Waals surface area contributed by atoms with Crippen LogP contribution in [0.3, 0.4) is 0 Å². The zero-order valence-electron chi connectivity index (χ0n) is 11.7. The highest BCUT2D eigenvalue weighted by molar-refractivity contribution is 5.93. The van der Waals surface area contributed by atoms with Crippen molar-refractivity contribution < 1.29 is 4.74 Å². The van der Waals surface area contributed by atoms with Crippen molar-refractivity contribution in [2.75, 3.05) is 5.73 Å². The van der Waals surface area contributed by atoms with Crippen LogP contribution in [-0.2, 0) is 7.05 Å². The smallest absolute Gasteiger partial charge is 0.171 e. The number of hydrogen-bond acceptors (Lipinski definition) is 4. The summed E-state index contributed by atoms with van der Waals surface area (Å²) in [6, 6.07) is 7.55. The maximum atomic E-state index is 6.18. The molecule has 0 saturated heterocycles. The maximum Gasteiger partial charge on any atom is 0.171 e. The quantitative estimate of drug-likeness (QED) is 0.726. The Morgan fingerprint density at radius 3 is 2.70 bits per heavy atom. The summed E-state index contributed by atoms with van der Waals surface area (Å²) in [4.78, 5) is 4.28. The van der Waals surface area contributed by atoms with Crippen molar-refractivity contribution in [3.63, 3.8) is 0 Å². The van der Waals surface area contributed by atoms with E-state index in [1.807, 2.05) is 45.2 Å². The first-order valence-electron chi connectivity index (χ1n) is 6.39. The first-order valence-corrected chi connectivity index (χ1v) is 6.39. The second-order valence-electron chi connectivity index (χ2n) is 4.77. The minimum atomic E-state index is 0.596. The zero-order chi connectivity index (χ0) is 14.3. The van der Waals surface area contributed by atoms with Gasteiger partial charge < -0.3 is 10.5 Å². The fraction of sp³-hybridized carbons (Fsp3) is 0.200. The number of pyridine rings is 1. The van der Waals surface area contributed by atoms with E-state index in [9.17, 15) is 0 Å². The van der Waals surface area contributed by atoms with Gasteiger partial charge in [-0.15, -0.1) is 0 Å². The van der Waals surface area contributed by atoms with Crippen molar-refractivity contribution >= 4 is 16.6 Å². The van der Waals surface area contributed by atoms with Crippen LogP contribution >= 0.6 is 0 Å². The molecule has 2 heterocycles. The van der Waals surface area contributed by atoms with E-state index in [-0.39, 0.29) is 0 Å². The molecule has 0 unspecified atom stereocenters. The van der Waals surface area contributed by atoms with E-state index in [1.54, 1.807) is 10.9 Å². The van der Waals surface area contributed by atoms with Crippen LogP contribution in [0, 0.1) is 13.8 Å². The Balaban J connectivity index is 2.09. The number of hydrogen-bond donors (Lipinski definition) is 1. The van der Waals surface area contributed by atoms with Gasteiger partial charge in [0, 0.05) is 18.6 Å². The molecule has 3 rings (SSSR count). The molecule has 2 aromatic heterocycles. The molecule has 0 fully saturated rings. The summed E-state index contributed by atoms with van der Waals surface area (Å²) in [5.41, 5.74) is 9.44. The van der Waals surface area contributed by atoms with Crippen molar-refractivity contribution in [3.05, 3.63) is 41.9 Å². The minimum absolute atomic E-state index is 0.596. The number of rotatable bonds is 2. The number of nitrogens with two attached hydrogens (primary N) is 1. The largest absolute Gasteiger partial charge is 0.451 e. The Hall–Kier alpha value is -2.56. The van der Waals surface area contributed by atoms with Gasteiger partial charge >= 0.3 is 0 Å². The third-order valence-electron chi connectivity index (χ3n) is 3.44. The van der Waals surface area contributed by atoms with Crippen LogP contribution in [0.5, 0.6) is 11.5 Å². The van der Waals surface area contributed by atoms with E-state index in [0.717, 1.165) is 28.0 Å². The Kier molecular flexibility index (Phi) is 2.82. The molecule has 0 radical (unpaired) electrons. The third-order valence-corrected chi connectivity index (χ3v) is 3.44. The number of nitrogens with zero attached hydrogens (tertiary/aromatic N) is 3. The van der Waals surface area contributed by atoms with Crippen molar-refractivity contribution in [2.45, 2.75) is 13.8 Å². The number of ether oxygens (including phenoxy) is 1. The lowest BCUT2D eigenvalue weighted by atomic mass is 10.1. The van der Waals surface area contributed by atoms with Crippen LogP contribution in [0.1, 0.15) is 11.4 Å². The molecule has 0 aliphatic carbocycles. The first kappa shape index (κ1) is 12.5. The molecule has 5 heteroatoms. The molecule has 0 bridgehead atoms. The standard InChI is InChI=1S/C15H16N4O/c1-9-15(10(2)19(3)18-9)20-13-7-6-12-11(14(13)16)5-4-8-17-12/h4-8H,16H2,1-3H3. The van der Waals surface area contributed by atoms with Gasteiger partial charge in [0.1, 0.15) is 5.69 Å². The highest BCUT2D eigenvalue weighted by atomic mass is 16.5. The van der Waals surface area contributed by atoms with Gasteiger partial charge in [-0.2, -0.15) is 5.10 Å². The van der Waals surface area contributed by atoms with Crippen LogP contribution in [0.15, 0.2) is 30.5 Å². The van der Waals surface area contributed by atoms with E-state index < -0.39 is 0 Å². The minimum Gasteiger partial charge on any atom is -0.451 e. The van der Waals surface area contributed by atoms with Gasteiger partial charge in [0.25, 0.3) is 0 Å². The highest BCUT2D eigenvalue weighted by Crippen LogP contribution is 2.35. The molecule has 0 saturated carbocycles. The lowest BCUT2D eigenvalue weighted by Crippen LogP contribution is -1.96. The van der Waals surface area contributed by atoms with Crippen LogP contribution < -0.4 is 10.5 Å². The topological polar surface area (TPSA) is 66.0 Å². The monoisotopic (exact) mass is 268 g/mol. The molecule has 0 atom stereocenters. The number of aryl methyl sites for hydroxylation is 2. The van der Waals surface area contributed by atoms with Crippen molar-refractivity contribution in [1.29, 1.82) is 0 Å². The molecule has 2 N–H and O–H groups in total. The Bertz CT molecular complexity index is 792. The molecule has 20 heavy (non-hydrogen) atoms. The van der Waals surface area contributed by atoms with Gasteiger partial charge in [0.15, 0.2) is 11.5 Å². The van der Waals surface area contributed by atoms with E-state index in [2.05, 4.69) is 10.1 Å². The van der Waals surface area contributed by atoms with Gasteiger partial charge in [0.2, 0.25) is 0 Å². The average molecular weight is 268 g/mol. The SMILES string of the molecule is Cc1nn(C)c(C)c1Oc1ccc2ncccc2c1N. The highest BCUT2D eigenvalue weighted by Gasteiger charge is 2.14. The van der Waals surface area contributed by atoms with Crippen LogP contribution in [0.2, 0.25) is 0 Å². The molecule has 5 nitrogen and oxygen atoms in total. The summed E-state index contributed by atoms with van der Waals surface area (Å²) < 4.78 is 7.76. The fourth-order valence-corrected chi connectivity index (χ4v) is 2.26. The van der Waals surface area contributed by atoms with Crippen molar-refractivity contribution in [3.8, 4) is 11.5 Å². The first-order chi connectivity index (χ1) is 9.58. The second-order valence-corrected chi connectivity index (χ2v) is 4.77. The molecule has 3 aromatic rings. The molecule has 0 aliphatic rings. The summed E-state index contributed by atoms with van der Waals surface area (Å²) in [5, 5.41) is 5.23. The Morgan fingerprint density at radius 1 is 1.20 bits per heavy atom.